The molecule has 1 fully saturated rings. The van der Waals surface area contributed by atoms with E-state index < -0.39 is 0 Å². The molecule has 0 atom stereocenters. The predicted octanol–water partition coefficient (Wildman–Crippen LogP) is 3.39. The van der Waals surface area contributed by atoms with Crippen molar-refractivity contribution in [1.82, 2.24) is 14.7 Å². The highest BCUT2D eigenvalue weighted by Crippen LogP contribution is 2.25. The van der Waals surface area contributed by atoms with Crippen LogP contribution < -0.4 is 5.32 Å². The van der Waals surface area contributed by atoms with Crippen LogP contribution in [0.15, 0.2) is 48.8 Å². The van der Waals surface area contributed by atoms with Gasteiger partial charge in [-0.15, -0.1) is 0 Å². The third-order valence-corrected chi connectivity index (χ3v) is 3.91. The largest absolute Gasteiger partial charge is 0.310 e. The fourth-order valence-electron chi connectivity index (χ4n) is 2.59. The van der Waals surface area contributed by atoms with Crippen molar-refractivity contribution in [3.05, 3.63) is 60.2 Å². The maximum absolute atomic E-state index is 14.4. The topological polar surface area (TPSA) is 29.3 Å². The van der Waals surface area contributed by atoms with Crippen molar-refractivity contribution in [3.63, 3.8) is 0 Å². The zero-order valence-electron chi connectivity index (χ0n) is 11.6. The maximum Gasteiger partial charge on any atom is 0.137 e. The summed E-state index contributed by atoms with van der Waals surface area (Å²) in [5.74, 6) is -0.189. The van der Waals surface area contributed by atoms with Crippen LogP contribution in [0.25, 0.3) is 16.9 Å². The van der Waals surface area contributed by atoms with Crippen molar-refractivity contribution in [2.45, 2.75) is 25.4 Å². The van der Waals surface area contributed by atoms with Gasteiger partial charge in [-0.2, -0.15) is 0 Å². The van der Waals surface area contributed by atoms with Crippen molar-refractivity contribution in [3.8, 4) is 11.3 Å². The summed E-state index contributed by atoms with van der Waals surface area (Å²) in [6, 6.07) is 11.8. The molecule has 1 N–H and O–H groups in total. The van der Waals surface area contributed by atoms with Crippen molar-refractivity contribution in [2.24, 2.45) is 0 Å². The zero-order valence-corrected chi connectivity index (χ0v) is 11.6. The predicted molar refractivity (Wildman–Crippen MR) is 80.4 cm³/mol. The molecule has 2 aromatic heterocycles. The highest BCUT2D eigenvalue weighted by Gasteiger charge is 2.20. The third kappa shape index (κ3) is 2.43. The first kappa shape index (κ1) is 12.5. The minimum absolute atomic E-state index is 0.189. The van der Waals surface area contributed by atoms with Gasteiger partial charge in [0.15, 0.2) is 0 Å². The van der Waals surface area contributed by atoms with Crippen LogP contribution in [0.2, 0.25) is 0 Å². The molecule has 21 heavy (non-hydrogen) atoms. The molecule has 3 aromatic rings. The smallest absolute Gasteiger partial charge is 0.137 e. The summed E-state index contributed by atoms with van der Waals surface area (Å²) in [6.07, 6.45) is 6.06. The number of hydrogen-bond donors (Lipinski definition) is 1. The number of pyridine rings is 1. The summed E-state index contributed by atoms with van der Waals surface area (Å²) in [5, 5.41) is 3.40. The number of rotatable bonds is 4. The average molecular weight is 281 g/mol. The number of benzene rings is 1. The minimum atomic E-state index is -0.189. The van der Waals surface area contributed by atoms with E-state index in [2.05, 4.69) is 10.3 Å². The van der Waals surface area contributed by atoms with E-state index in [9.17, 15) is 4.39 Å². The number of aromatic nitrogens is 2. The number of hydrogen-bond acceptors (Lipinski definition) is 2. The van der Waals surface area contributed by atoms with E-state index in [1.165, 1.54) is 12.8 Å². The molecule has 4 heteroatoms. The van der Waals surface area contributed by atoms with Crippen LogP contribution in [0.1, 0.15) is 18.4 Å². The molecule has 0 bridgehead atoms. The van der Waals surface area contributed by atoms with Crippen molar-refractivity contribution in [2.75, 3.05) is 0 Å². The van der Waals surface area contributed by atoms with Gasteiger partial charge in [0.05, 0.1) is 5.69 Å². The fourth-order valence-corrected chi connectivity index (χ4v) is 2.59. The highest BCUT2D eigenvalue weighted by molar-refractivity contribution is 5.64. The zero-order chi connectivity index (χ0) is 14.2. The lowest BCUT2D eigenvalue weighted by atomic mass is 10.1. The number of imidazole rings is 1. The molecule has 0 radical (unpaired) electrons. The van der Waals surface area contributed by atoms with E-state index >= 15 is 0 Å². The first-order valence-corrected chi connectivity index (χ1v) is 7.25. The second-order valence-electron chi connectivity index (χ2n) is 5.54. The van der Waals surface area contributed by atoms with E-state index in [0.29, 0.717) is 11.6 Å². The molecule has 0 spiro atoms. The Morgan fingerprint density at radius 1 is 1.24 bits per heavy atom. The summed E-state index contributed by atoms with van der Waals surface area (Å²) >= 11 is 0. The van der Waals surface area contributed by atoms with Gasteiger partial charge in [0, 0.05) is 30.5 Å². The summed E-state index contributed by atoms with van der Waals surface area (Å²) in [5.41, 5.74) is 3.24. The van der Waals surface area contributed by atoms with Crippen LogP contribution in [0.3, 0.4) is 0 Å². The molecule has 106 valence electrons. The van der Waals surface area contributed by atoms with Crippen LogP contribution in [0.5, 0.6) is 0 Å². The molecule has 0 saturated heterocycles. The average Bonchev–Trinajstić information content (AvgIpc) is 3.20. The molecule has 3 nitrogen and oxygen atoms in total. The fraction of sp³-hybridized carbons (Fsp3) is 0.235. The Bertz CT molecular complexity index is 790. The molecule has 1 aliphatic rings. The van der Waals surface area contributed by atoms with Crippen LogP contribution >= 0.6 is 0 Å². The Labute approximate surface area is 122 Å². The lowest BCUT2D eigenvalue weighted by Crippen LogP contribution is -2.15. The summed E-state index contributed by atoms with van der Waals surface area (Å²) < 4.78 is 16.4. The minimum Gasteiger partial charge on any atom is -0.310 e. The van der Waals surface area contributed by atoms with Gasteiger partial charge in [0.2, 0.25) is 0 Å². The molecule has 1 aromatic carbocycles. The summed E-state index contributed by atoms with van der Waals surface area (Å²) in [7, 11) is 0. The first-order valence-electron chi connectivity index (χ1n) is 7.25. The quantitative estimate of drug-likeness (QED) is 0.794. The Kier molecular flexibility index (Phi) is 2.97. The molecule has 1 saturated carbocycles. The Hall–Kier alpha value is -2.20. The molecule has 2 heterocycles. The van der Waals surface area contributed by atoms with Gasteiger partial charge in [-0.05, 0) is 42.7 Å². The van der Waals surface area contributed by atoms with Crippen LogP contribution in [0.4, 0.5) is 4.39 Å². The van der Waals surface area contributed by atoms with E-state index in [1.807, 2.05) is 40.9 Å². The second kappa shape index (κ2) is 4.97. The van der Waals surface area contributed by atoms with E-state index in [4.69, 9.17) is 0 Å². The van der Waals surface area contributed by atoms with Crippen molar-refractivity contribution in [1.29, 1.82) is 0 Å². The summed E-state index contributed by atoms with van der Waals surface area (Å²) in [6.45, 7) is 0.733. The Balaban J connectivity index is 1.69. The van der Waals surface area contributed by atoms with Gasteiger partial charge >= 0.3 is 0 Å². The third-order valence-electron chi connectivity index (χ3n) is 3.91. The maximum atomic E-state index is 14.4. The Morgan fingerprint density at radius 3 is 2.95 bits per heavy atom. The molecule has 1 aliphatic carbocycles. The van der Waals surface area contributed by atoms with Crippen LogP contribution in [-0.4, -0.2) is 15.4 Å². The molecule has 0 aliphatic heterocycles. The normalized spacial score (nSPS) is 14.7. The highest BCUT2D eigenvalue weighted by atomic mass is 19.1. The monoisotopic (exact) mass is 281 g/mol. The van der Waals surface area contributed by atoms with Gasteiger partial charge in [-0.1, -0.05) is 12.1 Å². The number of fused-ring (bicyclic) bond motifs is 1. The molecule has 4 rings (SSSR count). The Morgan fingerprint density at radius 2 is 2.14 bits per heavy atom. The van der Waals surface area contributed by atoms with Gasteiger partial charge in [-0.3, -0.25) is 4.40 Å². The van der Waals surface area contributed by atoms with Gasteiger partial charge < -0.3 is 5.32 Å². The van der Waals surface area contributed by atoms with E-state index in [0.717, 1.165) is 23.4 Å². The molecular weight excluding hydrogens is 265 g/mol. The van der Waals surface area contributed by atoms with Crippen molar-refractivity contribution >= 4 is 5.65 Å². The number of nitrogens with one attached hydrogen (secondary N) is 1. The van der Waals surface area contributed by atoms with E-state index in [-0.39, 0.29) is 5.82 Å². The molecular formula is C17H16FN3. The van der Waals surface area contributed by atoms with Gasteiger partial charge in [-0.25, -0.2) is 9.37 Å². The van der Waals surface area contributed by atoms with Crippen LogP contribution in [-0.2, 0) is 6.54 Å². The van der Waals surface area contributed by atoms with Crippen molar-refractivity contribution < 1.29 is 4.39 Å². The second-order valence-corrected chi connectivity index (χ2v) is 5.54. The first-order chi connectivity index (χ1) is 10.3. The van der Waals surface area contributed by atoms with Gasteiger partial charge in [0.1, 0.15) is 11.5 Å². The number of halogens is 1. The standard InChI is InChI=1S/C17H16FN3/c18-15-10-12(11-20-13-5-6-13)4-7-14(15)16-2-1-3-17-19-8-9-21(16)17/h1-4,7-10,13,20H,5-6,11H2. The van der Waals surface area contributed by atoms with Crippen LogP contribution in [0, 0.1) is 5.82 Å². The number of nitrogens with zero attached hydrogens (tertiary/aromatic N) is 2. The lowest BCUT2D eigenvalue weighted by Gasteiger charge is -2.09. The molecule has 0 unspecified atom stereocenters. The van der Waals surface area contributed by atoms with Gasteiger partial charge in [0.25, 0.3) is 0 Å². The lowest BCUT2D eigenvalue weighted by molar-refractivity contribution is 0.622. The summed E-state index contributed by atoms with van der Waals surface area (Å²) in [4.78, 5) is 4.24. The SMILES string of the molecule is Fc1cc(CNC2CC2)ccc1-c1cccc2nccn12. The van der Waals surface area contributed by atoms with E-state index in [1.54, 1.807) is 12.3 Å². The molecule has 0 amide bonds.